The Morgan fingerprint density at radius 3 is 1.92 bits per heavy atom. The first-order valence-electron chi connectivity index (χ1n) is 8.05. The highest BCUT2D eigenvalue weighted by molar-refractivity contribution is 7.80. The van der Waals surface area contributed by atoms with Crippen LogP contribution in [0.25, 0.3) is 0 Å². The van der Waals surface area contributed by atoms with Crippen LogP contribution < -0.4 is 16.0 Å². The highest BCUT2D eigenvalue weighted by Gasteiger charge is 2.14. The van der Waals surface area contributed by atoms with Crippen molar-refractivity contribution in [2.45, 2.75) is 19.4 Å². The van der Waals surface area contributed by atoms with Gasteiger partial charge in [-0.1, -0.05) is 60.7 Å². The Hall–Kier alpha value is -2.40. The molecule has 24 heavy (non-hydrogen) atoms. The molecule has 0 aromatic heterocycles. The second-order valence-corrected chi connectivity index (χ2v) is 5.90. The second kappa shape index (κ2) is 9.67. The van der Waals surface area contributed by atoms with Crippen molar-refractivity contribution in [1.29, 1.82) is 0 Å². The lowest BCUT2D eigenvalue weighted by atomic mass is 9.99. The van der Waals surface area contributed by atoms with Gasteiger partial charge < -0.3 is 16.0 Å². The summed E-state index contributed by atoms with van der Waals surface area (Å²) in [6, 6.07) is 20.5. The molecule has 2 aromatic rings. The van der Waals surface area contributed by atoms with Crippen LogP contribution in [0, 0.1) is 0 Å². The summed E-state index contributed by atoms with van der Waals surface area (Å²) < 4.78 is 0. The maximum Gasteiger partial charge on any atom is 0.216 e. The molecule has 0 unspecified atom stereocenters. The first-order chi connectivity index (χ1) is 11.7. The van der Waals surface area contributed by atoms with Crippen molar-refractivity contribution in [2.24, 2.45) is 0 Å². The summed E-state index contributed by atoms with van der Waals surface area (Å²) >= 11 is 5.42. The molecule has 2 aromatic carbocycles. The van der Waals surface area contributed by atoms with E-state index in [0.717, 1.165) is 17.5 Å². The maximum absolute atomic E-state index is 10.8. The van der Waals surface area contributed by atoms with E-state index >= 15 is 0 Å². The predicted octanol–water partition coefficient (Wildman–Crippen LogP) is 2.77. The monoisotopic (exact) mass is 341 g/mol. The molecule has 0 saturated carbocycles. The molecule has 2 rings (SSSR count). The zero-order valence-electron chi connectivity index (χ0n) is 13.8. The molecule has 4 nitrogen and oxygen atoms in total. The standard InChI is InChI=1S/C19H23N3OS/c1-15(23)20-13-8-14-21-19(24)22-18(16-9-4-2-5-10-16)17-11-6-3-7-12-17/h2-7,9-12,18H,8,13-14H2,1H3,(H,20,23)(H2,21,22,24). The van der Waals surface area contributed by atoms with Crippen LogP contribution in [0.3, 0.4) is 0 Å². The number of nitrogens with one attached hydrogen (secondary N) is 3. The molecule has 0 atom stereocenters. The van der Waals surface area contributed by atoms with Crippen molar-refractivity contribution in [3.05, 3.63) is 71.8 Å². The van der Waals surface area contributed by atoms with Gasteiger partial charge in [-0.05, 0) is 29.8 Å². The average Bonchev–Trinajstić information content (AvgIpc) is 2.60. The van der Waals surface area contributed by atoms with Crippen molar-refractivity contribution in [2.75, 3.05) is 13.1 Å². The summed E-state index contributed by atoms with van der Waals surface area (Å²) in [5.74, 6) is -0.0103. The van der Waals surface area contributed by atoms with Crippen LogP contribution in [0.15, 0.2) is 60.7 Å². The molecule has 1 amide bonds. The van der Waals surface area contributed by atoms with E-state index < -0.39 is 0 Å². The van der Waals surface area contributed by atoms with E-state index in [4.69, 9.17) is 12.2 Å². The number of amides is 1. The fraction of sp³-hybridized carbons (Fsp3) is 0.263. The largest absolute Gasteiger partial charge is 0.363 e. The Kier molecular flexibility index (Phi) is 7.23. The highest BCUT2D eigenvalue weighted by atomic mass is 32.1. The van der Waals surface area contributed by atoms with Crippen molar-refractivity contribution in [1.82, 2.24) is 16.0 Å². The van der Waals surface area contributed by atoms with Crippen LogP contribution in [0.5, 0.6) is 0 Å². The Morgan fingerprint density at radius 1 is 0.917 bits per heavy atom. The van der Waals surface area contributed by atoms with Crippen LogP contribution in [-0.4, -0.2) is 24.1 Å². The number of carbonyl (C=O) groups excluding carboxylic acids is 1. The van der Waals surface area contributed by atoms with Crippen molar-refractivity contribution in [3.8, 4) is 0 Å². The van der Waals surface area contributed by atoms with Gasteiger partial charge in [0.25, 0.3) is 0 Å². The smallest absolute Gasteiger partial charge is 0.216 e. The summed E-state index contributed by atoms with van der Waals surface area (Å²) in [5, 5.41) is 9.95. The van der Waals surface area contributed by atoms with Crippen LogP contribution in [-0.2, 0) is 4.79 Å². The molecule has 3 N–H and O–H groups in total. The number of rotatable bonds is 7. The van der Waals surface area contributed by atoms with Gasteiger partial charge in [0.15, 0.2) is 5.11 Å². The third kappa shape index (κ3) is 6.01. The maximum atomic E-state index is 10.8. The van der Waals surface area contributed by atoms with Crippen LogP contribution in [0.2, 0.25) is 0 Å². The minimum absolute atomic E-state index is 0.00254. The SMILES string of the molecule is CC(=O)NCCCNC(=S)NC(c1ccccc1)c1ccccc1. The molecular formula is C19H23N3OS. The summed E-state index contributed by atoms with van der Waals surface area (Å²) in [7, 11) is 0. The molecule has 0 radical (unpaired) electrons. The van der Waals surface area contributed by atoms with Gasteiger partial charge in [0.2, 0.25) is 5.91 Å². The number of hydrogen-bond donors (Lipinski definition) is 3. The lowest BCUT2D eigenvalue weighted by Gasteiger charge is -2.22. The first kappa shape index (κ1) is 17.9. The van der Waals surface area contributed by atoms with E-state index in [1.165, 1.54) is 6.92 Å². The van der Waals surface area contributed by atoms with Crippen molar-refractivity contribution >= 4 is 23.2 Å². The topological polar surface area (TPSA) is 53.2 Å². The van der Waals surface area contributed by atoms with Gasteiger partial charge in [-0.3, -0.25) is 4.79 Å². The van der Waals surface area contributed by atoms with Gasteiger partial charge >= 0.3 is 0 Å². The van der Waals surface area contributed by atoms with Gasteiger partial charge in [0.1, 0.15) is 0 Å². The fourth-order valence-electron chi connectivity index (χ4n) is 2.39. The van der Waals surface area contributed by atoms with Gasteiger partial charge in [0, 0.05) is 20.0 Å². The molecule has 5 heteroatoms. The molecule has 0 spiro atoms. The van der Waals surface area contributed by atoms with Gasteiger partial charge in [-0.25, -0.2) is 0 Å². The normalized spacial score (nSPS) is 10.2. The second-order valence-electron chi connectivity index (χ2n) is 5.49. The molecule has 0 saturated heterocycles. The zero-order chi connectivity index (χ0) is 17.2. The summed E-state index contributed by atoms with van der Waals surface area (Å²) in [5.41, 5.74) is 2.32. The van der Waals surface area contributed by atoms with E-state index in [1.807, 2.05) is 36.4 Å². The van der Waals surface area contributed by atoms with E-state index in [0.29, 0.717) is 18.2 Å². The van der Waals surface area contributed by atoms with E-state index in [9.17, 15) is 4.79 Å². The molecule has 126 valence electrons. The fourth-order valence-corrected chi connectivity index (χ4v) is 2.61. The minimum Gasteiger partial charge on any atom is -0.363 e. The van der Waals surface area contributed by atoms with E-state index in [1.54, 1.807) is 0 Å². The number of hydrogen-bond acceptors (Lipinski definition) is 2. The third-order valence-electron chi connectivity index (χ3n) is 3.55. The van der Waals surface area contributed by atoms with E-state index in [2.05, 4.69) is 40.2 Å². The number of benzene rings is 2. The average molecular weight is 341 g/mol. The predicted molar refractivity (Wildman–Crippen MR) is 102 cm³/mol. The Labute approximate surface area is 148 Å². The summed E-state index contributed by atoms with van der Waals surface area (Å²) in [6.07, 6.45) is 0.822. The quantitative estimate of drug-likeness (QED) is 0.535. The summed E-state index contributed by atoms with van der Waals surface area (Å²) in [4.78, 5) is 10.8. The molecule has 0 aliphatic carbocycles. The van der Waals surface area contributed by atoms with Crippen LogP contribution in [0.1, 0.15) is 30.5 Å². The number of thiocarbonyl (C=S) groups is 1. The highest BCUT2D eigenvalue weighted by Crippen LogP contribution is 2.21. The van der Waals surface area contributed by atoms with Gasteiger partial charge in [0.05, 0.1) is 6.04 Å². The molecule has 0 bridgehead atoms. The summed E-state index contributed by atoms with van der Waals surface area (Å²) in [6.45, 7) is 2.87. The zero-order valence-corrected chi connectivity index (χ0v) is 14.6. The molecular weight excluding hydrogens is 318 g/mol. The molecule has 0 fully saturated rings. The van der Waals surface area contributed by atoms with Gasteiger partial charge in [-0.15, -0.1) is 0 Å². The van der Waals surface area contributed by atoms with Crippen molar-refractivity contribution < 1.29 is 4.79 Å². The molecule has 0 heterocycles. The van der Waals surface area contributed by atoms with Crippen LogP contribution in [0.4, 0.5) is 0 Å². The van der Waals surface area contributed by atoms with Crippen molar-refractivity contribution in [3.63, 3.8) is 0 Å². The van der Waals surface area contributed by atoms with Crippen LogP contribution >= 0.6 is 12.2 Å². The Bertz CT molecular complexity index is 607. The lowest BCUT2D eigenvalue weighted by molar-refractivity contribution is -0.118. The minimum atomic E-state index is -0.0103. The lowest BCUT2D eigenvalue weighted by Crippen LogP contribution is -2.39. The van der Waals surface area contributed by atoms with Gasteiger partial charge in [-0.2, -0.15) is 0 Å². The third-order valence-corrected chi connectivity index (χ3v) is 3.82. The number of carbonyl (C=O) groups is 1. The first-order valence-corrected chi connectivity index (χ1v) is 8.46. The van der Waals surface area contributed by atoms with E-state index in [-0.39, 0.29) is 11.9 Å². The Balaban J connectivity index is 1.94. The molecule has 0 aliphatic rings. The molecule has 0 aliphatic heterocycles. The Morgan fingerprint density at radius 2 is 1.42 bits per heavy atom.